The monoisotopic (exact) mass is 341 g/mol. The first kappa shape index (κ1) is 24.3. The average Bonchev–Trinajstić information content (AvgIpc) is 2.48. The Labute approximate surface area is 142 Å². The van der Waals surface area contributed by atoms with E-state index in [9.17, 15) is 0 Å². The van der Waals surface area contributed by atoms with Crippen LogP contribution in [0.15, 0.2) is 0 Å². The second-order valence-electron chi connectivity index (χ2n) is 5.96. The van der Waals surface area contributed by atoms with Gasteiger partial charge in [0, 0.05) is 26.4 Å². The molecule has 0 unspecified atom stereocenters. The number of hydrogen-bond donors (Lipinski definition) is 4. The predicted molar refractivity (Wildman–Crippen MR) is 85.0 cm³/mol. The fraction of sp³-hybridized carbons (Fsp3) is 1.00. The van der Waals surface area contributed by atoms with Crippen LogP contribution in [-0.4, -0.2) is 77.5 Å². The molecule has 0 aliphatic heterocycles. The van der Waals surface area contributed by atoms with Gasteiger partial charge in [0.05, 0.1) is 26.2 Å². The summed E-state index contributed by atoms with van der Waals surface area (Å²) < 4.78 is 1.00. The van der Waals surface area contributed by atoms with Gasteiger partial charge in [0.15, 0.2) is 0 Å². The first-order chi connectivity index (χ1) is 10.2. The lowest BCUT2D eigenvalue weighted by Crippen LogP contribution is -3.00. The lowest BCUT2D eigenvalue weighted by atomic mass is 10.1. The molecule has 6 heteroatoms. The van der Waals surface area contributed by atoms with Crippen LogP contribution in [0.1, 0.15) is 51.4 Å². The summed E-state index contributed by atoms with van der Waals surface area (Å²) in [4.78, 5) is 0. The van der Waals surface area contributed by atoms with Crippen molar-refractivity contribution in [2.45, 2.75) is 51.4 Å². The molecule has 0 amide bonds. The van der Waals surface area contributed by atoms with Gasteiger partial charge < -0.3 is 37.3 Å². The standard InChI is InChI=1S/C16H36NO4.ClH/c18-13-5-1-9-17(10-2-6-14-19,11-3-7-15-20)12-4-8-16-21;/h18-21H,1-16H2;1H/q+1;/p-1. The van der Waals surface area contributed by atoms with E-state index in [1.165, 1.54) is 0 Å². The van der Waals surface area contributed by atoms with Crippen molar-refractivity contribution in [3.8, 4) is 0 Å². The minimum atomic E-state index is 0. The molecule has 4 N–H and O–H groups in total. The number of aliphatic hydroxyl groups is 4. The minimum absolute atomic E-state index is 0. The molecule has 0 aromatic rings. The summed E-state index contributed by atoms with van der Waals surface area (Å²) in [5, 5.41) is 36.0. The van der Waals surface area contributed by atoms with Crippen molar-refractivity contribution in [1.82, 2.24) is 0 Å². The van der Waals surface area contributed by atoms with E-state index < -0.39 is 0 Å². The van der Waals surface area contributed by atoms with Crippen LogP contribution in [0.3, 0.4) is 0 Å². The van der Waals surface area contributed by atoms with E-state index in [0.29, 0.717) is 0 Å². The smallest absolute Gasteiger partial charge is 0.0787 e. The Morgan fingerprint density at radius 3 is 0.818 bits per heavy atom. The van der Waals surface area contributed by atoms with Crippen molar-refractivity contribution in [3.05, 3.63) is 0 Å². The third kappa shape index (κ3) is 12.6. The molecule has 0 aliphatic carbocycles. The van der Waals surface area contributed by atoms with Crippen molar-refractivity contribution < 1.29 is 37.3 Å². The van der Waals surface area contributed by atoms with Gasteiger partial charge in [-0.15, -0.1) is 0 Å². The topological polar surface area (TPSA) is 80.9 Å². The SMILES string of the molecule is OCCCC[N+](CCCCO)(CCCCO)CCCCO.[Cl-]. The van der Waals surface area contributed by atoms with Crippen LogP contribution in [-0.2, 0) is 0 Å². The summed E-state index contributed by atoms with van der Waals surface area (Å²) in [5.41, 5.74) is 0. The summed E-state index contributed by atoms with van der Waals surface area (Å²) in [6, 6.07) is 0. The number of nitrogens with zero attached hydrogens (tertiary/aromatic N) is 1. The van der Waals surface area contributed by atoms with E-state index in [4.69, 9.17) is 20.4 Å². The molecule has 0 fully saturated rings. The van der Waals surface area contributed by atoms with Crippen LogP contribution in [0.25, 0.3) is 0 Å². The van der Waals surface area contributed by atoms with Gasteiger partial charge in [0.25, 0.3) is 0 Å². The molecule has 0 radical (unpaired) electrons. The molecule has 136 valence electrons. The number of hydrogen-bond acceptors (Lipinski definition) is 4. The molecule has 0 aromatic carbocycles. The van der Waals surface area contributed by atoms with Gasteiger partial charge in [0.2, 0.25) is 0 Å². The molecule has 22 heavy (non-hydrogen) atoms. The molecule has 0 heterocycles. The largest absolute Gasteiger partial charge is 1.00 e. The van der Waals surface area contributed by atoms with Gasteiger partial charge in [-0.1, -0.05) is 0 Å². The molecule has 0 aliphatic rings. The summed E-state index contributed by atoms with van der Waals surface area (Å²) >= 11 is 0. The van der Waals surface area contributed by atoms with Crippen molar-refractivity contribution in [1.29, 1.82) is 0 Å². The normalized spacial score (nSPS) is 11.5. The lowest BCUT2D eigenvalue weighted by Gasteiger charge is -2.39. The minimum Gasteiger partial charge on any atom is -1.00 e. The molecule has 0 bridgehead atoms. The van der Waals surface area contributed by atoms with Crippen LogP contribution >= 0.6 is 0 Å². The van der Waals surface area contributed by atoms with Crippen molar-refractivity contribution in [2.75, 3.05) is 52.6 Å². The predicted octanol–water partition coefficient (Wildman–Crippen LogP) is -2.10. The van der Waals surface area contributed by atoms with Crippen LogP contribution in [0, 0.1) is 0 Å². The number of unbranched alkanes of at least 4 members (excludes halogenated alkanes) is 4. The molecule has 0 saturated carbocycles. The number of halogens is 1. The van der Waals surface area contributed by atoms with Crippen LogP contribution in [0.4, 0.5) is 0 Å². The first-order valence-electron chi connectivity index (χ1n) is 8.53. The van der Waals surface area contributed by atoms with Crippen LogP contribution in [0.5, 0.6) is 0 Å². The Morgan fingerprint density at radius 2 is 0.636 bits per heavy atom. The molecule has 0 rings (SSSR count). The van der Waals surface area contributed by atoms with Crippen LogP contribution < -0.4 is 12.4 Å². The Kier molecular flexibility index (Phi) is 19.3. The fourth-order valence-electron chi connectivity index (χ4n) is 2.91. The fourth-order valence-corrected chi connectivity index (χ4v) is 2.91. The summed E-state index contributed by atoms with van der Waals surface area (Å²) in [7, 11) is 0. The van der Waals surface area contributed by atoms with Crippen molar-refractivity contribution in [2.24, 2.45) is 0 Å². The third-order valence-electron chi connectivity index (χ3n) is 4.16. The Balaban J connectivity index is 0. The van der Waals surface area contributed by atoms with E-state index in [1.807, 2.05) is 0 Å². The maximum absolute atomic E-state index is 9.00. The van der Waals surface area contributed by atoms with Gasteiger partial charge in [-0.3, -0.25) is 0 Å². The molecular formula is C16H36ClNO4. The second-order valence-corrected chi connectivity index (χ2v) is 5.96. The maximum Gasteiger partial charge on any atom is 0.0787 e. The summed E-state index contributed by atoms with van der Waals surface area (Å²) in [6.45, 7) is 5.14. The summed E-state index contributed by atoms with van der Waals surface area (Å²) in [5.74, 6) is 0. The Hall–Kier alpha value is 0.0900. The lowest BCUT2D eigenvalue weighted by molar-refractivity contribution is -0.929. The second kappa shape index (κ2) is 17.4. The van der Waals surface area contributed by atoms with Crippen LogP contribution in [0.2, 0.25) is 0 Å². The van der Waals surface area contributed by atoms with E-state index in [-0.39, 0.29) is 38.8 Å². The van der Waals surface area contributed by atoms with Gasteiger partial charge in [0.1, 0.15) is 0 Å². The zero-order chi connectivity index (χ0) is 15.8. The van der Waals surface area contributed by atoms with E-state index in [0.717, 1.165) is 82.0 Å². The third-order valence-corrected chi connectivity index (χ3v) is 4.16. The van der Waals surface area contributed by atoms with Crippen molar-refractivity contribution >= 4 is 0 Å². The molecular weight excluding hydrogens is 306 g/mol. The molecule has 0 aromatic heterocycles. The number of quaternary nitrogens is 1. The van der Waals surface area contributed by atoms with E-state index in [2.05, 4.69) is 0 Å². The number of rotatable bonds is 16. The molecule has 0 saturated heterocycles. The van der Waals surface area contributed by atoms with Gasteiger partial charge in [-0.2, -0.15) is 0 Å². The van der Waals surface area contributed by atoms with Gasteiger partial charge in [-0.25, -0.2) is 0 Å². The highest BCUT2D eigenvalue weighted by atomic mass is 35.5. The van der Waals surface area contributed by atoms with E-state index >= 15 is 0 Å². The molecule has 5 nitrogen and oxygen atoms in total. The zero-order valence-corrected chi connectivity index (χ0v) is 14.7. The Bertz CT molecular complexity index is 175. The highest BCUT2D eigenvalue weighted by molar-refractivity contribution is 4.52. The molecule has 0 atom stereocenters. The zero-order valence-electron chi connectivity index (χ0n) is 13.9. The Morgan fingerprint density at radius 1 is 0.409 bits per heavy atom. The number of aliphatic hydroxyl groups excluding tert-OH is 4. The highest BCUT2D eigenvalue weighted by Crippen LogP contribution is 2.16. The van der Waals surface area contributed by atoms with Gasteiger partial charge in [-0.05, 0) is 51.4 Å². The quantitative estimate of drug-likeness (QED) is 0.191. The summed E-state index contributed by atoms with van der Waals surface area (Å²) in [6.07, 6.45) is 7.36. The highest BCUT2D eigenvalue weighted by Gasteiger charge is 2.25. The molecule has 0 spiro atoms. The average molecular weight is 342 g/mol. The van der Waals surface area contributed by atoms with Gasteiger partial charge >= 0.3 is 0 Å². The van der Waals surface area contributed by atoms with Crippen molar-refractivity contribution in [3.63, 3.8) is 0 Å². The first-order valence-corrected chi connectivity index (χ1v) is 8.53. The van der Waals surface area contributed by atoms with E-state index in [1.54, 1.807) is 0 Å². The maximum atomic E-state index is 9.00.